The molecule has 1 aliphatic rings. The number of rotatable bonds is 5. The largest absolute Gasteiger partial charge is 0.385 e. The molecule has 0 atom stereocenters. The molecule has 1 aliphatic heterocycles. The van der Waals surface area contributed by atoms with Crippen LogP contribution < -0.4 is 11.1 Å². The predicted octanol–water partition coefficient (Wildman–Crippen LogP) is 10.1. The number of amidine groups is 2. The van der Waals surface area contributed by atoms with Crippen LogP contribution in [-0.2, 0) is 0 Å². The van der Waals surface area contributed by atoms with E-state index in [-0.39, 0.29) is 6.17 Å². The quantitative estimate of drug-likeness (QED) is 0.180. The summed E-state index contributed by atoms with van der Waals surface area (Å²) in [6.45, 7) is 3.99. The van der Waals surface area contributed by atoms with Crippen molar-refractivity contribution in [3.05, 3.63) is 181 Å². The van der Waals surface area contributed by atoms with Crippen LogP contribution in [-0.4, -0.2) is 27.0 Å². The van der Waals surface area contributed by atoms with Crippen molar-refractivity contribution in [1.82, 2.24) is 14.5 Å². The number of nitrogens with zero attached hydrogens (tertiary/aromatic N) is 4. The molecule has 3 heterocycles. The lowest BCUT2D eigenvalue weighted by molar-refractivity contribution is 0.771. The smallest absolute Gasteiger partial charge is 0.141 e. The number of aliphatic imine (C=N–C) groups is 2. The average molecular weight is 663 g/mol. The standard InChI is InChI=1S/C29H23N3.C16H15N3/c1-2-3-17-29(30)32-26-16-10-8-14-22(26)24-18-27-23(19-28(24)32)21-13-7-9-15-25(21)31(27)20-11-5-4-6-12-20;1-12-17-15(13-8-4-2-5-9-13)19-16(18-12)14-10-6-3-7-11-14/h2-19H,30H2,1H3;2-12H,1H3,(H,17,18,19)/b3-2-,29-17+;. The Hall–Kier alpha value is -6.66. The Balaban J connectivity index is 0.000000168. The molecule has 248 valence electrons. The topological polar surface area (TPSA) is 72.6 Å². The molecule has 0 unspecified atom stereocenters. The van der Waals surface area contributed by atoms with Gasteiger partial charge in [0.2, 0.25) is 0 Å². The molecule has 0 fully saturated rings. The second kappa shape index (κ2) is 13.7. The van der Waals surface area contributed by atoms with E-state index >= 15 is 0 Å². The fraction of sp³-hybridized carbons (Fsp3) is 0.0667. The first kappa shape index (κ1) is 31.6. The molecule has 0 bridgehead atoms. The lowest BCUT2D eigenvalue weighted by Crippen LogP contribution is -2.37. The first-order valence-electron chi connectivity index (χ1n) is 17.2. The van der Waals surface area contributed by atoms with Crippen molar-refractivity contribution in [2.24, 2.45) is 15.7 Å². The van der Waals surface area contributed by atoms with Crippen molar-refractivity contribution in [3.8, 4) is 5.69 Å². The molecule has 0 spiro atoms. The van der Waals surface area contributed by atoms with E-state index in [9.17, 15) is 0 Å². The summed E-state index contributed by atoms with van der Waals surface area (Å²) in [7, 11) is 0. The van der Waals surface area contributed by atoms with Crippen LogP contribution in [0.25, 0.3) is 55.1 Å². The van der Waals surface area contributed by atoms with E-state index in [1.807, 2.05) is 92.7 Å². The summed E-state index contributed by atoms with van der Waals surface area (Å²) in [5.41, 5.74) is 14.5. The Morgan fingerprint density at radius 1 is 0.588 bits per heavy atom. The summed E-state index contributed by atoms with van der Waals surface area (Å²) in [6.07, 6.45) is 5.87. The van der Waals surface area contributed by atoms with Gasteiger partial charge in [-0.1, -0.05) is 127 Å². The van der Waals surface area contributed by atoms with Gasteiger partial charge in [0.05, 0.1) is 22.1 Å². The zero-order chi connectivity index (χ0) is 34.7. The Morgan fingerprint density at radius 2 is 1.08 bits per heavy atom. The Bertz CT molecular complexity index is 2570. The van der Waals surface area contributed by atoms with Gasteiger partial charge in [0, 0.05) is 38.4 Å². The van der Waals surface area contributed by atoms with Crippen molar-refractivity contribution in [3.63, 3.8) is 0 Å². The molecule has 6 nitrogen and oxygen atoms in total. The van der Waals surface area contributed by atoms with Gasteiger partial charge in [-0.15, -0.1) is 0 Å². The maximum absolute atomic E-state index is 6.58. The van der Waals surface area contributed by atoms with Gasteiger partial charge in [-0.2, -0.15) is 0 Å². The monoisotopic (exact) mass is 662 g/mol. The lowest BCUT2D eigenvalue weighted by atomic mass is 10.1. The highest BCUT2D eigenvalue weighted by Gasteiger charge is 2.18. The number of fused-ring (bicyclic) bond motifs is 6. The van der Waals surface area contributed by atoms with Crippen molar-refractivity contribution < 1.29 is 0 Å². The number of nitrogens with one attached hydrogen (secondary N) is 1. The lowest BCUT2D eigenvalue weighted by Gasteiger charge is -2.19. The molecule has 0 aliphatic carbocycles. The number of para-hydroxylation sites is 3. The van der Waals surface area contributed by atoms with Gasteiger partial charge in [0.1, 0.15) is 23.7 Å². The molecular weight excluding hydrogens is 625 g/mol. The van der Waals surface area contributed by atoms with Crippen molar-refractivity contribution in [1.29, 1.82) is 0 Å². The molecule has 51 heavy (non-hydrogen) atoms. The molecule has 8 aromatic rings. The van der Waals surface area contributed by atoms with Crippen LogP contribution in [0.5, 0.6) is 0 Å². The molecule has 6 heteroatoms. The van der Waals surface area contributed by atoms with E-state index in [0.29, 0.717) is 5.82 Å². The highest BCUT2D eigenvalue weighted by atomic mass is 15.2. The van der Waals surface area contributed by atoms with E-state index in [1.165, 1.54) is 32.6 Å². The molecule has 3 N–H and O–H groups in total. The maximum atomic E-state index is 6.58. The number of benzene rings is 6. The number of hydrogen-bond acceptors (Lipinski definition) is 4. The Labute approximate surface area is 297 Å². The molecule has 0 saturated carbocycles. The normalized spacial score (nSPS) is 13.7. The van der Waals surface area contributed by atoms with E-state index in [4.69, 9.17) is 5.73 Å². The minimum atomic E-state index is -0.0633. The Kier molecular flexibility index (Phi) is 8.48. The van der Waals surface area contributed by atoms with Crippen LogP contribution in [0.1, 0.15) is 25.0 Å². The molecule has 0 radical (unpaired) electrons. The first-order valence-corrected chi connectivity index (χ1v) is 17.2. The number of nitrogens with two attached hydrogens (primary N) is 1. The summed E-state index contributed by atoms with van der Waals surface area (Å²) < 4.78 is 4.52. The van der Waals surface area contributed by atoms with E-state index in [0.717, 1.165) is 39.5 Å². The summed E-state index contributed by atoms with van der Waals surface area (Å²) in [4.78, 5) is 9.09. The van der Waals surface area contributed by atoms with Gasteiger partial charge in [-0.25, -0.2) is 9.98 Å². The van der Waals surface area contributed by atoms with Crippen LogP contribution in [0, 0.1) is 0 Å². The van der Waals surface area contributed by atoms with Crippen LogP contribution in [0.3, 0.4) is 0 Å². The van der Waals surface area contributed by atoms with Crippen LogP contribution in [0.4, 0.5) is 0 Å². The number of aromatic nitrogens is 2. The second-order valence-corrected chi connectivity index (χ2v) is 12.5. The molecular formula is C45H38N6. The average Bonchev–Trinajstić information content (AvgIpc) is 3.69. The molecule has 6 aromatic carbocycles. The molecule has 0 amide bonds. The van der Waals surface area contributed by atoms with Crippen LogP contribution in [0.2, 0.25) is 0 Å². The van der Waals surface area contributed by atoms with Crippen molar-refractivity contribution in [2.75, 3.05) is 0 Å². The van der Waals surface area contributed by atoms with Crippen molar-refractivity contribution >= 4 is 61.1 Å². The van der Waals surface area contributed by atoms with E-state index < -0.39 is 0 Å². The van der Waals surface area contributed by atoms with Crippen LogP contribution >= 0.6 is 0 Å². The molecule has 9 rings (SSSR count). The van der Waals surface area contributed by atoms with Crippen molar-refractivity contribution in [2.45, 2.75) is 20.0 Å². The second-order valence-electron chi connectivity index (χ2n) is 12.5. The number of hydrogen-bond donors (Lipinski definition) is 2. The van der Waals surface area contributed by atoms with E-state index in [2.05, 4.69) is 115 Å². The summed E-state index contributed by atoms with van der Waals surface area (Å²) in [6, 6.07) is 52.5. The Morgan fingerprint density at radius 3 is 1.69 bits per heavy atom. The summed E-state index contributed by atoms with van der Waals surface area (Å²) in [5.74, 6) is 2.46. The van der Waals surface area contributed by atoms with Gasteiger partial charge in [0.25, 0.3) is 0 Å². The summed E-state index contributed by atoms with van der Waals surface area (Å²) in [5, 5.41) is 8.17. The zero-order valence-electron chi connectivity index (χ0n) is 28.6. The van der Waals surface area contributed by atoms with Gasteiger partial charge in [-0.05, 0) is 56.3 Å². The highest BCUT2D eigenvalue weighted by molar-refractivity contribution is 6.19. The SMILES string of the molecule is C/C=C\C=C(/N)n1c2ccccc2c2cc3c(cc21)c1ccccc1n3-c1ccccc1.CC1N=C(c2ccccc2)NC(c2ccccc2)=N1. The van der Waals surface area contributed by atoms with E-state index in [1.54, 1.807) is 0 Å². The third kappa shape index (κ3) is 5.97. The van der Waals surface area contributed by atoms with Crippen LogP contribution in [0.15, 0.2) is 180 Å². The third-order valence-corrected chi connectivity index (χ3v) is 9.16. The molecule has 0 saturated heterocycles. The van der Waals surface area contributed by atoms with Gasteiger partial charge in [-0.3, -0.25) is 4.57 Å². The van der Waals surface area contributed by atoms with Gasteiger partial charge in [0.15, 0.2) is 0 Å². The third-order valence-electron chi connectivity index (χ3n) is 9.16. The highest BCUT2D eigenvalue weighted by Crippen LogP contribution is 2.38. The molecule has 2 aromatic heterocycles. The fourth-order valence-corrected chi connectivity index (χ4v) is 6.90. The minimum absolute atomic E-state index is 0.0633. The van der Waals surface area contributed by atoms with Gasteiger partial charge >= 0.3 is 0 Å². The minimum Gasteiger partial charge on any atom is -0.385 e. The maximum Gasteiger partial charge on any atom is 0.141 e. The summed E-state index contributed by atoms with van der Waals surface area (Å²) >= 11 is 0. The first-order chi connectivity index (χ1) is 25.1. The number of allylic oxidation sites excluding steroid dienone is 3. The van der Waals surface area contributed by atoms with Gasteiger partial charge < -0.3 is 15.6 Å². The predicted molar refractivity (Wildman–Crippen MR) is 216 cm³/mol. The fourth-order valence-electron chi connectivity index (χ4n) is 6.90. The zero-order valence-corrected chi connectivity index (χ0v) is 28.6.